The smallest absolute Gasteiger partial charge is 0.0992 e. The van der Waals surface area contributed by atoms with Crippen LogP contribution in [0.25, 0.3) is 5.70 Å². The Balaban J connectivity index is 0. The Morgan fingerprint density at radius 3 is 2.20 bits per heavy atom. The van der Waals surface area contributed by atoms with E-state index in [0.29, 0.717) is 0 Å². The number of aryl methyl sites for hydroxylation is 1. The highest BCUT2D eigenvalue weighted by atomic mass is 15.0. The molecule has 1 aromatic heterocycles. The fourth-order valence-electron chi connectivity index (χ4n) is 1.01. The van der Waals surface area contributed by atoms with Crippen LogP contribution in [-0.4, -0.2) is 9.55 Å². The molecule has 0 fully saturated rings. The van der Waals surface area contributed by atoms with Crippen molar-refractivity contribution in [3.05, 3.63) is 24.3 Å². The third-order valence-electron chi connectivity index (χ3n) is 1.62. The lowest BCUT2D eigenvalue weighted by Crippen LogP contribution is -1.87. The summed E-state index contributed by atoms with van der Waals surface area (Å²) in [6, 6.07) is 0. The van der Waals surface area contributed by atoms with Gasteiger partial charge in [-0.15, -0.1) is 0 Å². The van der Waals surface area contributed by atoms with Gasteiger partial charge >= 0.3 is 0 Å². The number of aromatic nitrogens is 2. The van der Waals surface area contributed by atoms with Crippen molar-refractivity contribution in [3.8, 4) is 0 Å². The molecule has 0 aliphatic rings. The summed E-state index contributed by atoms with van der Waals surface area (Å²) in [5, 5.41) is 0. The molecule has 0 amide bonds. The lowest BCUT2D eigenvalue weighted by atomic mass is 10.3. The summed E-state index contributed by atoms with van der Waals surface area (Å²) in [5.74, 6) is 0. The van der Waals surface area contributed by atoms with E-state index in [1.54, 1.807) is 0 Å². The minimum Gasteiger partial charge on any atom is -0.310 e. The van der Waals surface area contributed by atoms with E-state index in [0.717, 1.165) is 12.1 Å². The first-order valence-electron chi connectivity index (χ1n) is 5.91. The van der Waals surface area contributed by atoms with Gasteiger partial charge in [0.2, 0.25) is 0 Å². The molecule has 1 heterocycles. The van der Waals surface area contributed by atoms with Gasteiger partial charge in [0.1, 0.15) is 0 Å². The molecule has 0 bridgehead atoms. The topological polar surface area (TPSA) is 17.8 Å². The molecular weight excluding hydrogens is 184 g/mol. The number of rotatable bonds is 2. The van der Waals surface area contributed by atoms with Crippen LogP contribution in [0.15, 0.2) is 18.6 Å². The zero-order valence-corrected chi connectivity index (χ0v) is 11.3. The van der Waals surface area contributed by atoms with Gasteiger partial charge < -0.3 is 4.57 Å². The molecular formula is C13H26N2. The summed E-state index contributed by atoms with van der Waals surface area (Å²) in [7, 11) is 0. The lowest BCUT2D eigenvalue weighted by Gasteiger charge is -1.98. The van der Waals surface area contributed by atoms with Crippen LogP contribution in [-0.2, 0) is 0 Å². The monoisotopic (exact) mass is 210 g/mol. The first-order valence-corrected chi connectivity index (χ1v) is 5.91. The molecule has 0 aliphatic heterocycles. The fraction of sp³-hybridized carbons (Fsp3) is 0.615. The zero-order valence-electron chi connectivity index (χ0n) is 11.3. The molecule has 0 unspecified atom stereocenters. The maximum Gasteiger partial charge on any atom is 0.0992 e. The van der Waals surface area contributed by atoms with Crippen LogP contribution in [0, 0.1) is 6.92 Å². The first-order chi connectivity index (χ1) is 7.24. The van der Waals surface area contributed by atoms with Gasteiger partial charge in [-0.2, -0.15) is 0 Å². The molecule has 0 atom stereocenters. The van der Waals surface area contributed by atoms with E-state index in [-0.39, 0.29) is 0 Å². The molecule has 0 radical (unpaired) electrons. The molecule has 0 aromatic carbocycles. The van der Waals surface area contributed by atoms with Crippen LogP contribution in [0.5, 0.6) is 0 Å². The van der Waals surface area contributed by atoms with E-state index in [9.17, 15) is 0 Å². The largest absolute Gasteiger partial charge is 0.310 e. The van der Waals surface area contributed by atoms with E-state index in [2.05, 4.69) is 24.9 Å². The Morgan fingerprint density at radius 2 is 1.87 bits per heavy atom. The summed E-state index contributed by atoms with van der Waals surface area (Å²) in [6.45, 7) is 14.2. The van der Waals surface area contributed by atoms with Crippen LogP contribution in [0.2, 0.25) is 0 Å². The summed E-state index contributed by atoms with van der Waals surface area (Å²) in [6.07, 6.45) is 7.13. The first kappa shape index (κ1) is 16.4. The Bertz CT molecular complexity index is 259. The van der Waals surface area contributed by atoms with Gasteiger partial charge in [0.05, 0.1) is 12.0 Å². The third kappa shape index (κ3) is 6.95. The quantitative estimate of drug-likeness (QED) is 0.702. The second kappa shape index (κ2) is 11.0. The van der Waals surface area contributed by atoms with E-state index < -0.39 is 0 Å². The van der Waals surface area contributed by atoms with Crippen molar-refractivity contribution >= 4 is 5.70 Å². The highest BCUT2D eigenvalue weighted by Gasteiger charge is 1.92. The normalized spacial score (nSPS) is 9.67. The van der Waals surface area contributed by atoms with Gasteiger partial charge in [0, 0.05) is 11.9 Å². The Kier molecular flexibility index (Phi) is 12.0. The Morgan fingerprint density at radius 1 is 1.33 bits per heavy atom. The summed E-state index contributed by atoms with van der Waals surface area (Å²) in [4.78, 5) is 4.14. The predicted molar refractivity (Wildman–Crippen MR) is 69.9 cm³/mol. The molecule has 0 spiro atoms. The van der Waals surface area contributed by atoms with E-state index in [1.807, 2.05) is 51.7 Å². The van der Waals surface area contributed by atoms with Crippen molar-refractivity contribution in [1.29, 1.82) is 0 Å². The van der Waals surface area contributed by atoms with Gasteiger partial charge in [-0.05, 0) is 20.3 Å². The van der Waals surface area contributed by atoms with Crippen LogP contribution >= 0.6 is 0 Å². The van der Waals surface area contributed by atoms with E-state index in [4.69, 9.17) is 0 Å². The molecule has 1 rings (SSSR count). The average Bonchev–Trinajstić information content (AvgIpc) is 2.71. The molecule has 0 saturated carbocycles. The number of nitrogens with zero attached hydrogens (tertiary/aromatic N) is 2. The molecule has 0 aliphatic carbocycles. The maximum absolute atomic E-state index is 4.14. The van der Waals surface area contributed by atoms with Crippen LogP contribution in [0.4, 0.5) is 0 Å². The molecule has 2 heteroatoms. The number of imidazole rings is 1. The highest BCUT2D eigenvalue weighted by molar-refractivity contribution is 5.41. The summed E-state index contributed by atoms with van der Waals surface area (Å²) in [5.41, 5.74) is 2.31. The van der Waals surface area contributed by atoms with Crippen molar-refractivity contribution in [1.82, 2.24) is 9.55 Å². The maximum atomic E-state index is 4.14. The van der Waals surface area contributed by atoms with Crippen molar-refractivity contribution in [2.24, 2.45) is 0 Å². The molecule has 2 nitrogen and oxygen atoms in total. The van der Waals surface area contributed by atoms with Crippen molar-refractivity contribution in [2.45, 2.75) is 54.9 Å². The van der Waals surface area contributed by atoms with Crippen molar-refractivity contribution < 1.29 is 0 Å². The molecule has 88 valence electrons. The highest BCUT2D eigenvalue weighted by Crippen LogP contribution is 2.04. The van der Waals surface area contributed by atoms with Crippen LogP contribution in [0.3, 0.4) is 0 Å². The minimum absolute atomic E-state index is 1.06. The van der Waals surface area contributed by atoms with E-state index >= 15 is 0 Å². The van der Waals surface area contributed by atoms with E-state index in [1.165, 1.54) is 5.70 Å². The number of hydrogen-bond donors (Lipinski definition) is 0. The van der Waals surface area contributed by atoms with Gasteiger partial charge in [-0.1, -0.05) is 40.7 Å². The lowest BCUT2D eigenvalue weighted by molar-refractivity contribution is 1.05. The zero-order chi connectivity index (χ0) is 12.3. The predicted octanol–water partition coefficient (Wildman–Crippen LogP) is 4.51. The fourth-order valence-corrected chi connectivity index (χ4v) is 1.01. The standard InChI is InChI=1S/C9H14N2.2C2H6/c1-4-5-9(3)11-6-8(2)10-7-11;2*1-2/h5-7H,4H2,1-3H3;2*1-2H3/b9-5+;;. The Labute approximate surface area is 95.0 Å². The van der Waals surface area contributed by atoms with Crippen molar-refractivity contribution in [2.75, 3.05) is 0 Å². The second-order valence-corrected chi connectivity index (χ2v) is 2.68. The third-order valence-corrected chi connectivity index (χ3v) is 1.62. The molecule has 0 N–H and O–H groups in total. The summed E-state index contributed by atoms with van der Waals surface area (Å²) >= 11 is 0. The number of hydrogen-bond acceptors (Lipinski definition) is 1. The Hall–Kier alpha value is -1.05. The van der Waals surface area contributed by atoms with Crippen molar-refractivity contribution in [3.63, 3.8) is 0 Å². The van der Waals surface area contributed by atoms with Gasteiger partial charge in [-0.25, -0.2) is 4.98 Å². The van der Waals surface area contributed by atoms with Crippen LogP contribution in [0.1, 0.15) is 53.7 Å². The molecule has 1 aromatic rings. The number of allylic oxidation sites excluding steroid dienone is 2. The second-order valence-electron chi connectivity index (χ2n) is 2.68. The SMILES string of the molecule is CC.CC.CC/C=C(\C)n1cnc(C)c1. The molecule has 15 heavy (non-hydrogen) atoms. The minimum atomic E-state index is 1.06. The average molecular weight is 210 g/mol. The van der Waals surface area contributed by atoms with Gasteiger partial charge in [0.25, 0.3) is 0 Å². The van der Waals surface area contributed by atoms with Crippen LogP contribution < -0.4 is 0 Å². The van der Waals surface area contributed by atoms with Gasteiger partial charge in [-0.3, -0.25) is 0 Å². The van der Waals surface area contributed by atoms with Gasteiger partial charge in [0.15, 0.2) is 0 Å². The summed E-state index contributed by atoms with van der Waals surface area (Å²) < 4.78 is 2.04. The molecule has 0 saturated heterocycles.